The molecule has 1 fully saturated rings. The Morgan fingerprint density at radius 2 is 1.88 bits per heavy atom. The summed E-state index contributed by atoms with van der Waals surface area (Å²) in [4.78, 5) is 0. The zero-order valence-electron chi connectivity index (χ0n) is 9.91. The quantitative estimate of drug-likeness (QED) is 0.764. The van der Waals surface area contributed by atoms with Crippen molar-refractivity contribution >= 4 is 0 Å². The average Bonchev–Trinajstić information content (AvgIpc) is 2.80. The van der Waals surface area contributed by atoms with Gasteiger partial charge in [0.15, 0.2) is 0 Å². The van der Waals surface area contributed by atoms with Crippen molar-refractivity contribution in [2.45, 2.75) is 49.9 Å². The van der Waals surface area contributed by atoms with E-state index < -0.39 is 0 Å². The molecule has 2 N–H and O–H groups in total. The van der Waals surface area contributed by atoms with E-state index in [-0.39, 0.29) is 0 Å². The molecule has 16 heavy (non-hydrogen) atoms. The van der Waals surface area contributed by atoms with Crippen LogP contribution in [0.1, 0.15) is 55.6 Å². The highest BCUT2D eigenvalue weighted by molar-refractivity contribution is 5.40. The largest absolute Gasteiger partial charge is 0.330 e. The molecule has 1 nitrogen and oxygen atoms in total. The van der Waals surface area contributed by atoms with E-state index in [0.717, 1.165) is 6.54 Å². The lowest BCUT2D eigenvalue weighted by Gasteiger charge is -2.39. The monoisotopic (exact) mass is 215 g/mol. The molecular formula is C15H21N. The van der Waals surface area contributed by atoms with Gasteiger partial charge in [-0.25, -0.2) is 0 Å². The summed E-state index contributed by atoms with van der Waals surface area (Å²) in [5.41, 5.74) is 9.62. The Kier molecular flexibility index (Phi) is 2.51. The Balaban J connectivity index is 2.08. The second-order valence-corrected chi connectivity index (χ2v) is 5.55. The number of fused-ring (bicyclic) bond motifs is 2. The Hall–Kier alpha value is -0.820. The summed E-state index contributed by atoms with van der Waals surface area (Å²) in [6.07, 6.45) is 8.31. The molecule has 1 aromatic carbocycles. The predicted octanol–water partition coefficient (Wildman–Crippen LogP) is 3.33. The highest BCUT2D eigenvalue weighted by atomic mass is 14.6. The molecule has 2 aliphatic rings. The smallest absolute Gasteiger partial charge is 0.000813 e. The minimum Gasteiger partial charge on any atom is -0.330 e. The Morgan fingerprint density at radius 1 is 1.12 bits per heavy atom. The molecular weight excluding hydrogens is 194 g/mol. The second kappa shape index (κ2) is 3.89. The van der Waals surface area contributed by atoms with Crippen LogP contribution >= 0.6 is 0 Å². The lowest BCUT2D eigenvalue weighted by atomic mass is 9.65. The van der Waals surface area contributed by atoms with Crippen LogP contribution < -0.4 is 5.73 Å². The first-order valence-corrected chi connectivity index (χ1v) is 6.65. The Bertz CT molecular complexity index is 377. The molecule has 1 aromatic rings. The normalized spacial score (nSPS) is 26.9. The van der Waals surface area contributed by atoms with Crippen LogP contribution in [0.25, 0.3) is 0 Å². The van der Waals surface area contributed by atoms with Crippen LogP contribution in [0.15, 0.2) is 24.3 Å². The maximum Gasteiger partial charge on any atom is -0.000813 e. The average molecular weight is 215 g/mol. The predicted molar refractivity (Wildman–Crippen MR) is 67.6 cm³/mol. The molecule has 0 saturated heterocycles. The van der Waals surface area contributed by atoms with Crippen molar-refractivity contribution in [3.8, 4) is 0 Å². The molecule has 1 unspecified atom stereocenters. The van der Waals surface area contributed by atoms with Gasteiger partial charge in [0.05, 0.1) is 0 Å². The number of benzene rings is 1. The first-order chi connectivity index (χ1) is 7.86. The van der Waals surface area contributed by atoms with Crippen LogP contribution in [0, 0.1) is 0 Å². The summed E-state index contributed by atoms with van der Waals surface area (Å²) < 4.78 is 0. The third kappa shape index (κ3) is 1.41. The summed E-state index contributed by atoms with van der Waals surface area (Å²) in [5, 5.41) is 0. The van der Waals surface area contributed by atoms with Gasteiger partial charge in [0.1, 0.15) is 0 Å². The lowest BCUT2D eigenvalue weighted by Crippen LogP contribution is -2.31. The molecule has 0 heterocycles. The zero-order valence-corrected chi connectivity index (χ0v) is 9.91. The van der Waals surface area contributed by atoms with Crippen molar-refractivity contribution in [1.29, 1.82) is 0 Å². The Labute approximate surface area is 98.0 Å². The van der Waals surface area contributed by atoms with E-state index in [9.17, 15) is 0 Å². The maximum absolute atomic E-state index is 5.91. The fraction of sp³-hybridized carbons (Fsp3) is 0.600. The molecule has 2 aliphatic carbocycles. The molecule has 0 amide bonds. The van der Waals surface area contributed by atoms with Gasteiger partial charge in [0, 0.05) is 0 Å². The second-order valence-electron chi connectivity index (χ2n) is 5.55. The summed E-state index contributed by atoms with van der Waals surface area (Å²) in [7, 11) is 0. The van der Waals surface area contributed by atoms with Crippen molar-refractivity contribution in [3.63, 3.8) is 0 Å². The fourth-order valence-corrected chi connectivity index (χ4v) is 3.89. The van der Waals surface area contributed by atoms with E-state index >= 15 is 0 Å². The van der Waals surface area contributed by atoms with Crippen molar-refractivity contribution in [3.05, 3.63) is 35.4 Å². The third-order valence-corrected chi connectivity index (χ3v) is 4.79. The summed E-state index contributed by atoms with van der Waals surface area (Å²) in [6.45, 7) is 0.813. The van der Waals surface area contributed by atoms with Gasteiger partial charge in [-0.1, -0.05) is 37.1 Å². The molecule has 1 saturated carbocycles. The van der Waals surface area contributed by atoms with Gasteiger partial charge in [0.25, 0.3) is 0 Å². The van der Waals surface area contributed by atoms with Crippen molar-refractivity contribution in [2.24, 2.45) is 5.73 Å². The molecule has 86 valence electrons. The first kappa shape index (κ1) is 10.3. The summed E-state index contributed by atoms with van der Waals surface area (Å²) >= 11 is 0. The summed E-state index contributed by atoms with van der Waals surface area (Å²) in [6, 6.07) is 9.06. The van der Waals surface area contributed by atoms with Gasteiger partial charge < -0.3 is 5.73 Å². The number of nitrogens with two attached hydrogens (primary N) is 1. The molecule has 0 bridgehead atoms. The molecule has 0 radical (unpaired) electrons. The van der Waals surface area contributed by atoms with Crippen molar-refractivity contribution in [2.75, 3.05) is 6.54 Å². The van der Waals surface area contributed by atoms with Gasteiger partial charge >= 0.3 is 0 Å². The third-order valence-electron chi connectivity index (χ3n) is 4.79. The van der Waals surface area contributed by atoms with E-state index in [0.29, 0.717) is 11.3 Å². The van der Waals surface area contributed by atoms with Gasteiger partial charge in [-0.3, -0.25) is 0 Å². The van der Waals surface area contributed by atoms with Crippen LogP contribution in [0.3, 0.4) is 0 Å². The molecule has 0 aliphatic heterocycles. The number of rotatable bonds is 1. The van der Waals surface area contributed by atoms with E-state index in [1.807, 2.05) is 0 Å². The molecule has 1 atom stereocenters. The van der Waals surface area contributed by atoms with Crippen molar-refractivity contribution in [1.82, 2.24) is 0 Å². The summed E-state index contributed by atoms with van der Waals surface area (Å²) in [5.74, 6) is 0.613. The van der Waals surface area contributed by atoms with Gasteiger partial charge in [-0.05, 0) is 54.7 Å². The Morgan fingerprint density at radius 3 is 2.62 bits per heavy atom. The standard InChI is InChI=1S/C15H21N/c16-11-12-7-10-15(8-3-4-9-15)14-6-2-1-5-13(12)14/h1-2,5-6,12H,3-4,7-11,16H2. The molecule has 1 spiro atoms. The fourth-order valence-electron chi connectivity index (χ4n) is 3.89. The first-order valence-electron chi connectivity index (χ1n) is 6.65. The minimum atomic E-state index is 0.530. The van der Waals surface area contributed by atoms with Gasteiger partial charge in [-0.2, -0.15) is 0 Å². The topological polar surface area (TPSA) is 26.0 Å². The molecule has 3 rings (SSSR count). The number of hydrogen-bond acceptors (Lipinski definition) is 1. The van der Waals surface area contributed by atoms with E-state index in [1.165, 1.54) is 38.5 Å². The van der Waals surface area contributed by atoms with Crippen LogP contribution in [-0.2, 0) is 5.41 Å². The van der Waals surface area contributed by atoms with Crippen LogP contribution in [0.4, 0.5) is 0 Å². The van der Waals surface area contributed by atoms with E-state index in [4.69, 9.17) is 5.73 Å². The van der Waals surface area contributed by atoms with Crippen LogP contribution in [0.5, 0.6) is 0 Å². The van der Waals surface area contributed by atoms with Crippen molar-refractivity contribution < 1.29 is 0 Å². The van der Waals surface area contributed by atoms with E-state index in [1.54, 1.807) is 11.1 Å². The highest BCUT2D eigenvalue weighted by Gasteiger charge is 2.40. The van der Waals surface area contributed by atoms with Crippen LogP contribution in [0.2, 0.25) is 0 Å². The molecule has 0 aromatic heterocycles. The lowest BCUT2D eigenvalue weighted by molar-refractivity contribution is 0.344. The number of hydrogen-bond donors (Lipinski definition) is 1. The minimum absolute atomic E-state index is 0.530. The van der Waals surface area contributed by atoms with Gasteiger partial charge in [-0.15, -0.1) is 0 Å². The van der Waals surface area contributed by atoms with Crippen LogP contribution in [-0.4, -0.2) is 6.54 Å². The van der Waals surface area contributed by atoms with Gasteiger partial charge in [0.2, 0.25) is 0 Å². The zero-order chi connectivity index (χ0) is 11.0. The SMILES string of the molecule is NCC1CCC2(CCCC2)c2ccccc21. The van der Waals surface area contributed by atoms with E-state index in [2.05, 4.69) is 24.3 Å². The highest BCUT2D eigenvalue weighted by Crippen LogP contribution is 2.51. The molecule has 1 heteroatoms. The maximum atomic E-state index is 5.91.